The lowest BCUT2D eigenvalue weighted by atomic mass is 10.2. The minimum Gasteiger partial charge on any atom is -0.490 e. The number of ether oxygens (including phenoxy) is 4. The van der Waals surface area contributed by atoms with E-state index < -0.39 is 41.3 Å². The Morgan fingerprint density at radius 1 is 0.946 bits per heavy atom. The van der Waals surface area contributed by atoms with Gasteiger partial charge in [-0.2, -0.15) is 13.2 Å². The minimum atomic E-state index is -5.07. The highest BCUT2D eigenvalue weighted by atomic mass is 35.5. The fourth-order valence-electron chi connectivity index (χ4n) is 3.25. The van der Waals surface area contributed by atoms with Crippen molar-refractivity contribution in [3.8, 4) is 28.7 Å². The number of carbonyl (C=O) groups is 1. The largest absolute Gasteiger partial charge is 0.490 e. The molecule has 0 amide bonds. The molecular weight excluding hydrogens is 517 g/mol. The Bertz CT molecular complexity index is 1480. The molecule has 1 aromatic heterocycles. The van der Waals surface area contributed by atoms with Crippen LogP contribution in [0.4, 0.5) is 13.2 Å². The first kappa shape index (κ1) is 25.9. The van der Waals surface area contributed by atoms with Crippen LogP contribution in [-0.2, 0) is 11.0 Å². The Labute approximate surface area is 212 Å². The van der Waals surface area contributed by atoms with Crippen LogP contribution in [-0.4, -0.2) is 19.2 Å². The van der Waals surface area contributed by atoms with Gasteiger partial charge in [-0.15, -0.1) is 0 Å². The van der Waals surface area contributed by atoms with Crippen molar-refractivity contribution in [3.63, 3.8) is 0 Å². The maximum Gasteiger partial charge on any atom is 0.453 e. The molecule has 4 aromatic rings. The molecule has 0 fully saturated rings. The molecule has 7 nitrogen and oxygen atoms in total. The molecule has 0 radical (unpaired) electrons. The van der Waals surface area contributed by atoms with E-state index in [4.69, 9.17) is 35.0 Å². The lowest BCUT2D eigenvalue weighted by Gasteiger charge is -2.15. The van der Waals surface area contributed by atoms with E-state index in [0.717, 1.165) is 6.07 Å². The van der Waals surface area contributed by atoms with E-state index in [1.807, 2.05) is 0 Å². The highest BCUT2D eigenvalue weighted by Crippen LogP contribution is 2.40. The summed E-state index contributed by atoms with van der Waals surface area (Å²) in [7, 11) is 0. The van der Waals surface area contributed by atoms with Gasteiger partial charge in [-0.3, -0.25) is 4.79 Å². The second-order valence-electron chi connectivity index (χ2n) is 7.44. The van der Waals surface area contributed by atoms with Gasteiger partial charge in [0.2, 0.25) is 11.2 Å². The quantitative estimate of drug-likeness (QED) is 0.185. The van der Waals surface area contributed by atoms with Gasteiger partial charge in [0.05, 0.1) is 12.0 Å². The van der Waals surface area contributed by atoms with E-state index in [0.29, 0.717) is 10.8 Å². The average molecular weight is 535 g/mol. The van der Waals surface area contributed by atoms with Crippen LogP contribution >= 0.6 is 11.6 Å². The molecule has 0 N–H and O–H groups in total. The van der Waals surface area contributed by atoms with E-state index in [-0.39, 0.29) is 29.2 Å². The van der Waals surface area contributed by atoms with Crippen LogP contribution in [0, 0.1) is 0 Å². The number of hydrogen-bond donors (Lipinski definition) is 0. The average Bonchev–Trinajstić information content (AvgIpc) is 2.86. The Hall–Kier alpha value is -4.18. The number of carbonyl (C=O) groups excluding carboxylic acids is 1. The molecule has 0 aliphatic heterocycles. The lowest BCUT2D eigenvalue weighted by Crippen LogP contribution is -2.18. The predicted octanol–water partition coefficient (Wildman–Crippen LogP) is 6.64. The molecule has 0 bridgehead atoms. The first-order chi connectivity index (χ1) is 17.7. The molecule has 0 saturated heterocycles. The fourth-order valence-corrected chi connectivity index (χ4v) is 3.38. The summed E-state index contributed by atoms with van der Waals surface area (Å²) in [6, 6.07) is 15.6. The summed E-state index contributed by atoms with van der Waals surface area (Å²) in [6.45, 7) is 1.44. The molecule has 3 aromatic carbocycles. The third-order valence-electron chi connectivity index (χ3n) is 4.84. The minimum absolute atomic E-state index is 0.0901. The zero-order valence-electron chi connectivity index (χ0n) is 19.1. The summed E-state index contributed by atoms with van der Waals surface area (Å²) in [5, 5.41) is 0.270. The Kier molecular flexibility index (Phi) is 7.58. The van der Waals surface area contributed by atoms with Crippen LogP contribution in [0.3, 0.4) is 0 Å². The summed E-state index contributed by atoms with van der Waals surface area (Å²) >= 11 is 5.79. The summed E-state index contributed by atoms with van der Waals surface area (Å²) in [4.78, 5) is 25.2. The van der Waals surface area contributed by atoms with E-state index in [2.05, 4.69) is 0 Å². The molecule has 0 aliphatic rings. The van der Waals surface area contributed by atoms with E-state index in [9.17, 15) is 22.8 Å². The van der Waals surface area contributed by atoms with Crippen LogP contribution in [0.2, 0.25) is 5.02 Å². The van der Waals surface area contributed by atoms with Crippen LogP contribution in [0.25, 0.3) is 11.0 Å². The molecule has 1 heterocycles. The van der Waals surface area contributed by atoms with Crippen molar-refractivity contribution in [2.75, 3.05) is 13.2 Å². The number of fused-ring (bicyclic) bond motifs is 1. The smallest absolute Gasteiger partial charge is 0.453 e. The maximum absolute atomic E-state index is 13.9. The number of para-hydroxylation sites is 2. The zero-order valence-corrected chi connectivity index (χ0v) is 19.9. The fraction of sp³-hybridized carbons (Fsp3) is 0.154. The summed E-state index contributed by atoms with van der Waals surface area (Å²) in [5.41, 5.74) is -1.52. The van der Waals surface area contributed by atoms with E-state index in [1.54, 1.807) is 37.3 Å². The number of esters is 1. The van der Waals surface area contributed by atoms with Crippen LogP contribution in [0.1, 0.15) is 12.7 Å². The van der Waals surface area contributed by atoms with Crippen molar-refractivity contribution in [3.05, 3.63) is 87.7 Å². The Morgan fingerprint density at radius 2 is 1.62 bits per heavy atom. The van der Waals surface area contributed by atoms with Gasteiger partial charge in [0.25, 0.3) is 5.76 Å². The highest BCUT2D eigenvalue weighted by Gasteiger charge is 2.40. The molecule has 11 heteroatoms. The van der Waals surface area contributed by atoms with Crippen LogP contribution in [0.15, 0.2) is 75.9 Å². The highest BCUT2D eigenvalue weighted by molar-refractivity contribution is 6.30. The summed E-state index contributed by atoms with van der Waals surface area (Å²) in [6.07, 6.45) is -5.07. The third-order valence-corrected chi connectivity index (χ3v) is 5.09. The normalized spacial score (nSPS) is 11.3. The molecule has 0 atom stereocenters. The first-order valence-electron chi connectivity index (χ1n) is 10.8. The van der Waals surface area contributed by atoms with Crippen molar-refractivity contribution >= 4 is 28.5 Å². The summed E-state index contributed by atoms with van der Waals surface area (Å²) < 4.78 is 67.7. The number of alkyl halides is 3. The standard InChI is InChI=1S/C26H18ClF3O7/c1-2-33-19-5-3-4-6-20(19)36-24-23(32)18-12-11-17(13-21(18)37-25(24)26(28,29)30)35-22(31)14-34-16-9-7-15(27)8-10-16/h3-13H,2,14H2,1H3. The van der Waals surface area contributed by atoms with Gasteiger partial charge >= 0.3 is 12.1 Å². The van der Waals surface area contributed by atoms with Gasteiger partial charge in [0.1, 0.15) is 17.1 Å². The molecule has 0 unspecified atom stereocenters. The van der Waals surface area contributed by atoms with E-state index in [1.165, 1.54) is 30.3 Å². The van der Waals surface area contributed by atoms with Crippen molar-refractivity contribution in [1.29, 1.82) is 0 Å². The van der Waals surface area contributed by atoms with Gasteiger partial charge in [0, 0.05) is 11.1 Å². The Morgan fingerprint density at radius 3 is 2.30 bits per heavy atom. The zero-order chi connectivity index (χ0) is 26.6. The number of benzene rings is 3. The molecule has 0 aliphatic carbocycles. The van der Waals surface area contributed by atoms with Gasteiger partial charge in [-0.05, 0) is 55.5 Å². The third kappa shape index (κ3) is 6.15. The molecule has 0 spiro atoms. The number of rotatable bonds is 8. The second-order valence-corrected chi connectivity index (χ2v) is 7.88. The molecule has 37 heavy (non-hydrogen) atoms. The predicted molar refractivity (Wildman–Crippen MR) is 128 cm³/mol. The number of halogens is 4. The lowest BCUT2D eigenvalue weighted by molar-refractivity contribution is -0.154. The van der Waals surface area contributed by atoms with Crippen molar-refractivity contribution in [1.82, 2.24) is 0 Å². The van der Waals surface area contributed by atoms with E-state index >= 15 is 0 Å². The van der Waals surface area contributed by atoms with Gasteiger partial charge in [0.15, 0.2) is 18.1 Å². The SMILES string of the molecule is CCOc1ccccc1Oc1c(C(F)(F)F)oc2cc(OC(=O)COc3ccc(Cl)cc3)ccc2c1=O. The second kappa shape index (κ2) is 10.8. The molecule has 192 valence electrons. The van der Waals surface area contributed by atoms with Crippen LogP contribution in [0.5, 0.6) is 28.7 Å². The molecule has 4 rings (SSSR count). The maximum atomic E-state index is 13.9. The molecular formula is C26H18ClF3O7. The van der Waals surface area contributed by atoms with Gasteiger partial charge in [-0.1, -0.05) is 23.7 Å². The monoisotopic (exact) mass is 534 g/mol. The van der Waals surface area contributed by atoms with Crippen molar-refractivity contribution < 1.29 is 41.3 Å². The summed E-state index contributed by atoms with van der Waals surface area (Å²) in [5.74, 6) is -3.25. The topological polar surface area (TPSA) is 84.2 Å². The van der Waals surface area contributed by atoms with Crippen molar-refractivity contribution in [2.45, 2.75) is 13.1 Å². The molecule has 0 saturated carbocycles. The van der Waals surface area contributed by atoms with Gasteiger partial charge < -0.3 is 23.4 Å². The van der Waals surface area contributed by atoms with Crippen LogP contribution < -0.4 is 24.4 Å². The first-order valence-corrected chi connectivity index (χ1v) is 11.2. The Balaban J connectivity index is 1.63. The van der Waals surface area contributed by atoms with Gasteiger partial charge in [-0.25, -0.2) is 4.79 Å². The number of hydrogen-bond acceptors (Lipinski definition) is 7. The van der Waals surface area contributed by atoms with Crippen molar-refractivity contribution in [2.24, 2.45) is 0 Å².